The smallest absolute Gasteiger partial charge is 0.233 e. The van der Waals surface area contributed by atoms with Crippen molar-refractivity contribution in [2.75, 3.05) is 43.4 Å². The zero-order valence-electron chi connectivity index (χ0n) is 13.4. The van der Waals surface area contributed by atoms with Crippen LogP contribution >= 0.6 is 27.7 Å². The van der Waals surface area contributed by atoms with E-state index in [0.717, 1.165) is 28.9 Å². The van der Waals surface area contributed by atoms with Crippen molar-refractivity contribution in [1.82, 2.24) is 9.80 Å². The van der Waals surface area contributed by atoms with Gasteiger partial charge in [0.05, 0.1) is 17.3 Å². The highest BCUT2D eigenvalue weighted by Gasteiger charge is 2.34. The summed E-state index contributed by atoms with van der Waals surface area (Å²) in [5.41, 5.74) is 0. The number of carbonyl (C=O) groups is 1. The third kappa shape index (κ3) is 4.74. The summed E-state index contributed by atoms with van der Waals surface area (Å²) in [4.78, 5) is 17.6. The molecule has 0 N–H and O–H groups in total. The van der Waals surface area contributed by atoms with Gasteiger partial charge in [-0.2, -0.15) is 0 Å². The highest BCUT2D eigenvalue weighted by molar-refractivity contribution is 9.10. The number of hydrogen-bond acceptors (Lipinski definition) is 5. The van der Waals surface area contributed by atoms with E-state index in [-0.39, 0.29) is 17.7 Å². The SMILES string of the molecule is O=C(CSc1ccc(Br)cc1)N1CCN(C2CCS(=O)(=O)C2)CC1. The summed E-state index contributed by atoms with van der Waals surface area (Å²) in [6, 6.07) is 8.09. The summed E-state index contributed by atoms with van der Waals surface area (Å²) < 4.78 is 24.2. The summed E-state index contributed by atoms with van der Waals surface area (Å²) >= 11 is 4.95. The molecule has 0 aliphatic carbocycles. The van der Waals surface area contributed by atoms with Gasteiger partial charge in [0.25, 0.3) is 0 Å². The average Bonchev–Trinajstić information content (AvgIpc) is 2.94. The molecule has 132 valence electrons. The van der Waals surface area contributed by atoms with Crippen LogP contribution in [0, 0.1) is 0 Å². The molecule has 0 spiro atoms. The fraction of sp³-hybridized carbons (Fsp3) is 0.562. The second kappa shape index (κ2) is 7.76. The lowest BCUT2D eigenvalue weighted by atomic mass is 10.2. The third-order valence-electron chi connectivity index (χ3n) is 4.57. The first kappa shape index (κ1) is 18.2. The Morgan fingerprint density at radius 3 is 2.42 bits per heavy atom. The van der Waals surface area contributed by atoms with Gasteiger partial charge in [-0.3, -0.25) is 9.69 Å². The quantitative estimate of drug-likeness (QED) is 0.679. The van der Waals surface area contributed by atoms with E-state index in [0.29, 0.717) is 24.6 Å². The second-order valence-electron chi connectivity index (χ2n) is 6.22. The van der Waals surface area contributed by atoms with Crippen LogP contribution in [0.2, 0.25) is 0 Å². The van der Waals surface area contributed by atoms with Crippen LogP contribution in [-0.4, -0.2) is 73.6 Å². The number of benzene rings is 1. The van der Waals surface area contributed by atoms with Crippen molar-refractivity contribution < 1.29 is 13.2 Å². The third-order valence-corrected chi connectivity index (χ3v) is 7.84. The number of halogens is 1. The number of carbonyl (C=O) groups excluding carboxylic acids is 1. The molecule has 0 radical (unpaired) electrons. The van der Waals surface area contributed by atoms with Gasteiger partial charge in [-0.15, -0.1) is 11.8 Å². The lowest BCUT2D eigenvalue weighted by Crippen LogP contribution is -2.52. The zero-order valence-corrected chi connectivity index (χ0v) is 16.6. The normalized spacial score (nSPS) is 24.2. The predicted molar refractivity (Wildman–Crippen MR) is 100 cm³/mol. The van der Waals surface area contributed by atoms with E-state index in [1.54, 1.807) is 11.8 Å². The topological polar surface area (TPSA) is 57.7 Å². The van der Waals surface area contributed by atoms with Crippen LogP contribution in [-0.2, 0) is 14.6 Å². The van der Waals surface area contributed by atoms with Crippen LogP contribution in [0.25, 0.3) is 0 Å². The van der Waals surface area contributed by atoms with Crippen molar-refractivity contribution in [3.8, 4) is 0 Å². The first-order valence-corrected chi connectivity index (χ1v) is 11.6. The van der Waals surface area contributed by atoms with Gasteiger partial charge in [-0.1, -0.05) is 15.9 Å². The van der Waals surface area contributed by atoms with Crippen molar-refractivity contribution in [2.45, 2.75) is 17.4 Å². The molecule has 2 aliphatic rings. The fourth-order valence-corrected chi connectivity index (χ4v) is 5.99. The molecule has 2 heterocycles. The molecule has 1 aromatic rings. The molecule has 2 fully saturated rings. The number of rotatable bonds is 4. The molecule has 1 atom stereocenters. The number of thioether (sulfide) groups is 1. The molecule has 8 heteroatoms. The Morgan fingerprint density at radius 2 is 1.83 bits per heavy atom. The van der Waals surface area contributed by atoms with Gasteiger partial charge in [0, 0.05) is 41.6 Å². The maximum atomic E-state index is 12.4. The van der Waals surface area contributed by atoms with Crippen molar-refractivity contribution >= 4 is 43.4 Å². The monoisotopic (exact) mass is 432 g/mol. The van der Waals surface area contributed by atoms with Crippen molar-refractivity contribution in [1.29, 1.82) is 0 Å². The molecule has 1 aromatic carbocycles. The standard InChI is InChI=1S/C16H21BrN2O3S2/c17-13-1-3-15(4-2-13)23-11-16(20)19-8-6-18(7-9-19)14-5-10-24(21,22)12-14/h1-4,14H,5-12H2. The summed E-state index contributed by atoms with van der Waals surface area (Å²) in [7, 11) is -2.85. The molecule has 2 saturated heterocycles. The summed E-state index contributed by atoms with van der Waals surface area (Å²) in [6.07, 6.45) is 0.732. The Kier molecular flexibility index (Phi) is 5.89. The number of nitrogens with zero attached hydrogens (tertiary/aromatic N) is 2. The van der Waals surface area contributed by atoms with Crippen LogP contribution in [0.5, 0.6) is 0 Å². The maximum Gasteiger partial charge on any atom is 0.233 e. The lowest BCUT2D eigenvalue weighted by molar-refractivity contribution is -0.130. The molecule has 0 aromatic heterocycles. The Bertz CT molecular complexity index is 686. The van der Waals surface area contributed by atoms with Gasteiger partial charge in [-0.25, -0.2) is 8.42 Å². The molecule has 24 heavy (non-hydrogen) atoms. The van der Waals surface area contributed by atoms with Crippen molar-refractivity contribution in [3.05, 3.63) is 28.7 Å². The van der Waals surface area contributed by atoms with Crippen LogP contribution in [0.1, 0.15) is 6.42 Å². The minimum Gasteiger partial charge on any atom is -0.339 e. The van der Waals surface area contributed by atoms with E-state index in [2.05, 4.69) is 20.8 Å². The second-order valence-corrected chi connectivity index (χ2v) is 10.4. The van der Waals surface area contributed by atoms with Crippen molar-refractivity contribution in [2.24, 2.45) is 0 Å². The number of sulfone groups is 1. The van der Waals surface area contributed by atoms with Gasteiger partial charge in [0.15, 0.2) is 9.84 Å². The Hall–Kier alpha value is -0.570. The van der Waals surface area contributed by atoms with Crippen LogP contribution < -0.4 is 0 Å². The summed E-state index contributed by atoms with van der Waals surface area (Å²) in [6.45, 7) is 2.93. The van der Waals surface area contributed by atoms with Gasteiger partial charge in [0.1, 0.15) is 0 Å². The molecule has 1 amide bonds. The number of piperazine rings is 1. The maximum absolute atomic E-state index is 12.4. The lowest BCUT2D eigenvalue weighted by Gasteiger charge is -2.37. The molecule has 0 saturated carbocycles. The highest BCUT2D eigenvalue weighted by atomic mass is 79.9. The molecule has 3 rings (SSSR count). The van der Waals surface area contributed by atoms with Crippen LogP contribution in [0.3, 0.4) is 0 Å². The van der Waals surface area contributed by atoms with Gasteiger partial charge in [0.2, 0.25) is 5.91 Å². The van der Waals surface area contributed by atoms with E-state index < -0.39 is 9.84 Å². The summed E-state index contributed by atoms with van der Waals surface area (Å²) in [5, 5.41) is 0. The molecular weight excluding hydrogens is 412 g/mol. The molecule has 5 nitrogen and oxygen atoms in total. The van der Waals surface area contributed by atoms with E-state index in [4.69, 9.17) is 0 Å². The van der Waals surface area contributed by atoms with E-state index in [9.17, 15) is 13.2 Å². The Labute approximate surface area is 155 Å². The summed E-state index contributed by atoms with van der Waals surface area (Å²) in [5.74, 6) is 1.18. The van der Waals surface area contributed by atoms with Gasteiger partial charge < -0.3 is 4.90 Å². The average molecular weight is 433 g/mol. The van der Waals surface area contributed by atoms with Crippen molar-refractivity contribution in [3.63, 3.8) is 0 Å². The minimum absolute atomic E-state index is 0.143. The number of hydrogen-bond donors (Lipinski definition) is 0. The predicted octanol–water partition coefficient (Wildman–Crippen LogP) is 1.87. The van der Waals surface area contributed by atoms with Gasteiger partial charge >= 0.3 is 0 Å². The van der Waals surface area contributed by atoms with Gasteiger partial charge in [-0.05, 0) is 30.7 Å². The largest absolute Gasteiger partial charge is 0.339 e. The molecule has 2 aliphatic heterocycles. The molecule has 0 bridgehead atoms. The van der Waals surface area contributed by atoms with Crippen LogP contribution in [0.4, 0.5) is 0 Å². The molecular formula is C16H21BrN2O3S2. The van der Waals surface area contributed by atoms with E-state index >= 15 is 0 Å². The highest BCUT2D eigenvalue weighted by Crippen LogP contribution is 2.22. The van der Waals surface area contributed by atoms with E-state index in [1.165, 1.54) is 0 Å². The minimum atomic E-state index is -2.85. The zero-order chi connectivity index (χ0) is 17.2. The molecule has 1 unspecified atom stereocenters. The van der Waals surface area contributed by atoms with E-state index in [1.807, 2.05) is 29.2 Å². The Balaban J connectivity index is 1.44. The first-order chi connectivity index (χ1) is 11.4. The number of amides is 1. The fourth-order valence-electron chi connectivity index (χ4n) is 3.17. The van der Waals surface area contributed by atoms with Crippen LogP contribution in [0.15, 0.2) is 33.6 Å². The Morgan fingerprint density at radius 1 is 1.17 bits per heavy atom. The first-order valence-electron chi connectivity index (χ1n) is 8.03.